The fourth-order valence-electron chi connectivity index (χ4n) is 4.15. The summed E-state index contributed by atoms with van der Waals surface area (Å²) in [5.74, 6) is -1.40. The number of aromatic hydroxyl groups is 4. The molecular weight excluding hydrogens is 558 g/mol. The number of anilines is 1. The Balaban J connectivity index is 0.000000171. The summed E-state index contributed by atoms with van der Waals surface area (Å²) in [6.07, 6.45) is -0.611. The highest BCUT2D eigenvalue weighted by Gasteiger charge is 2.17. The zero-order chi connectivity index (χ0) is 30.7. The highest BCUT2D eigenvalue weighted by molar-refractivity contribution is 6.10. The number of ether oxygens (including phenoxy) is 1. The minimum absolute atomic E-state index is 0.0698. The summed E-state index contributed by atoms with van der Waals surface area (Å²) in [7, 11) is 1.27. The van der Waals surface area contributed by atoms with E-state index in [2.05, 4.69) is 20.0 Å². The lowest BCUT2D eigenvalue weighted by Crippen LogP contribution is -2.11. The molecule has 0 radical (unpaired) electrons. The number of amides is 1. The van der Waals surface area contributed by atoms with E-state index in [1.54, 1.807) is 30.3 Å². The number of rotatable bonds is 4. The normalized spacial score (nSPS) is 10.6. The van der Waals surface area contributed by atoms with Crippen LogP contribution >= 0.6 is 0 Å². The van der Waals surface area contributed by atoms with E-state index in [4.69, 9.17) is 4.42 Å². The number of ketones is 1. The van der Waals surface area contributed by atoms with Gasteiger partial charge in [-0.2, -0.15) is 0 Å². The molecule has 216 valence electrons. The number of phenolic OH excluding ortho intramolecular Hbond substituents is 3. The van der Waals surface area contributed by atoms with Crippen molar-refractivity contribution in [1.29, 1.82) is 0 Å². The Hall–Kier alpha value is -6.30. The minimum Gasteiger partial charge on any atom is -0.508 e. The van der Waals surface area contributed by atoms with Gasteiger partial charge in [-0.25, -0.2) is 9.78 Å². The zero-order valence-electron chi connectivity index (χ0n) is 22.4. The Morgan fingerprint density at radius 1 is 0.860 bits per heavy atom. The van der Waals surface area contributed by atoms with Gasteiger partial charge in [0, 0.05) is 22.8 Å². The third-order valence-corrected chi connectivity index (χ3v) is 6.28. The molecule has 0 saturated heterocycles. The largest absolute Gasteiger partial charge is 0.508 e. The molecule has 12 nitrogen and oxygen atoms in total. The molecule has 0 aliphatic rings. The standard InChI is InChI=1S/C16H13N3O3.C15H10O6/c1-22-16(21)19-15-17-12-8-7-11(9-13(12)18-15)14(20)10-5-3-2-4-6-10;16-8-2-3-9-12(6-8)21-15(14(20)13(9)19)7-1-4-10(17)11(18)5-7/h2-9H,1H3,(H2,17,18,19,21);1-6,16-18,20H. The number of carbonyl (C=O) groups excluding carboxylic acids is 2. The molecule has 0 fully saturated rings. The molecule has 12 heteroatoms. The lowest BCUT2D eigenvalue weighted by molar-refractivity contribution is 0.103. The average Bonchev–Trinajstić information content (AvgIpc) is 3.42. The van der Waals surface area contributed by atoms with Gasteiger partial charge in [-0.05, 0) is 48.5 Å². The summed E-state index contributed by atoms with van der Waals surface area (Å²) in [5.41, 5.74) is 2.13. The second kappa shape index (κ2) is 11.7. The van der Waals surface area contributed by atoms with Crippen molar-refractivity contribution in [3.8, 4) is 34.3 Å². The molecule has 6 rings (SSSR count). The Labute approximate surface area is 242 Å². The van der Waals surface area contributed by atoms with Crippen molar-refractivity contribution < 1.29 is 39.2 Å². The first-order chi connectivity index (χ1) is 20.6. The van der Waals surface area contributed by atoms with E-state index in [0.29, 0.717) is 22.2 Å². The number of hydrogen-bond donors (Lipinski definition) is 6. The van der Waals surface area contributed by atoms with Gasteiger partial charge in [-0.1, -0.05) is 30.3 Å². The number of nitrogens with zero attached hydrogens (tertiary/aromatic N) is 1. The van der Waals surface area contributed by atoms with Crippen molar-refractivity contribution in [3.63, 3.8) is 0 Å². The van der Waals surface area contributed by atoms with Gasteiger partial charge in [0.15, 0.2) is 23.0 Å². The van der Waals surface area contributed by atoms with Crippen LogP contribution < -0.4 is 10.7 Å². The molecule has 1 amide bonds. The molecule has 6 aromatic rings. The van der Waals surface area contributed by atoms with Crippen LogP contribution in [0.3, 0.4) is 0 Å². The van der Waals surface area contributed by atoms with E-state index >= 15 is 0 Å². The SMILES string of the molecule is COC(=O)Nc1nc2ccc(C(=O)c3ccccc3)cc2[nH]1.O=c1c(O)c(-c2ccc(O)c(O)c2)oc2cc(O)ccc12. The molecule has 0 aliphatic heterocycles. The summed E-state index contributed by atoms with van der Waals surface area (Å²) < 4.78 is 9.94. The maximum absolute atomic E-state index is 12.4. The summed E-state index contributed by atoms with van der Waals surface area (Å²) in [6, 6.07) is 21.8. The Morgan fingerprint density at radius 3 is 2.35 bits per heavy atom. The number of nitrogens with one attached hydrogen (secondary N) is 2. The summed E-state index contributed by atoms with van der Waals surface area (Å²) in [6.45, 7) is 0. The van der Waals surface area contributed by atoms with Gasteiger partial charge < -0.3 is 34.6 Å². The number of carbonyl (C=O) groups is 2. The number of benzene rings is 4. The fourth-order valence-corrected chi connectivity index (χ4v) is 4.15. The van der Waals surface area contributed by atoms with Crippen LogP contribution in [0.1, 0.15) is 15.9 Å². The van der Waals surface area contributed by atoms with Gasteiger partial charge in [0.2, 0.25) is 17.1 Å². The molecule has 6 N–H and O–H groups in total. The lowest BCUT2D eigenvalue weighted by atomic mass is 10.0. The van der Waals surface area contributed by atoms with Gasteiger partial charge in [0.05, 0.1) is 23.5 Å². The van der Waals surface area contributed by atoms with Gasteiger partial charge in [-0.15, -0.1) is 0 Å². The van der Waals surface area contributed by atoms with E-state index in [0.717, 1.165) is 6.07 Å². The van der Waals surface area contributed by atoms with Crippen LogP contribution in [0.4, 0.5) is 10.7 Å². The van der Waals surface area contributed by atoms with Gasteiger partial charge in [0.25, 0.3) is 0 Å². The van der Waals surface area contributed by atoms with Gasteiger partial charge in [0.1, 0.15) is 11.3 Å². The van der Waals surface area contributed by atoms with Crippen LogP contribution in [0, 0.1) is 0 Å². The molecular formula is C31H23N3O9. The second-order valence-corrected chi connectivity index (χ2v) is 9.12. The van der Waals surface area contributed by atoms with E-state index < -0.39 is 23.0 Å². The maximum atomic E-state index is 12.4. The van der Waals surface area contributed by atoms with Crippen LogP contribution in [-0.4, -0.2) is 49.4 Å². The molecule has 43 heavy (non-hydrogen) atoms. The quantitative estimate of drug-likeness (QED) is 0.118. The molecule has 2 aromatic heterocycles. The highest BCUT2D eigenvalue weighted by Crippen LogP contribution is 2.35. The molecule has 0 bridgehead atoms. The number of fused-ring (bicyclic) bond motifs is 2. The molecule has 0 spiro atoms. The number of imidazole rings is 1. The summed E-state index contributed by atoms with van der Waals surface area (Å²) in [4.78, 5) is 42.8. The Kier molecular flexibility index (Phi) is 7.66. The van der Waals surface area contributed by atoms with Gasteiger partial charge >= 0.3 is 6.09 Å². The first-order valence-electron chi connectivity index (χ1n) is 12.6. The number of methoxy groups -OCH3 is 1. The monoisotopic (exact) mass is 581 g/mol. The summed E-state index contributed by atoms with van der Waals surface area (Å²) in [5, 5.41) is 40.7. The van der Waals surface area contributed by atoms with Gasteiger partial charge in [-0.3, -0.25) is 14.9 Å². The number of aromatic amines is 1. The minimum atomic E-state index is -0.654. The molecule has 0 aliphatic carbocycles. The average molecular weight is 582 g/mol. The smallest absolute Gasteiger partial charge is 0.413 e. The molecule has 0 atom stereocenters. The Morgan fingerprint density at radius 2 is 1.63 bits per heavy atom. The third-order valence-electron chi connectivity index (χ3n) is 6.28. The van der Waals surface area contributed by atoms with Crippen molar-refractivity contribution in [1.82, 2.24) is 9.97 Å². The first kappa shape index (κ1) is 28.2. The number of H-pyrrole nitrogens is 1. The number of aromatic nitrogens is 2. The van der Waals surface area contributed by atoms with Crippen LogP contribution in [0.25, 0.3) is 33.3 Å². The van der Waals surface area contributed by atoms with E-state index in [1.807, 2.05) is 18.2 Å². The zero-order valence-corrected chi connectivity index (χ0v) is 22.4. The van der Waals surface area contributed by atoms with Crippen molar-refractivity contribution in [2.24, 2.45) is 0 Å². The van der Waals surface area contributed by atoms with Crippen LogP contribution in [0.15, 0.2) is 94.1 Å². The Bertz CT molecular complexity index is 2050. The molecule has 4 aromatic carbocycles. The number of phenols is 3. The fraction of sp³-hybridized carbons (Fsp3) is 0.0323. The highest BCUT2D eigenvalue weighted by atomic mass is 16.5. The molecule has 2 heterocycles. The van der Waals surface area contributed by atoms with Crippen molar-refractivity contribution in [2.45, 2.75) is 0 Å². The van der Waals surface area contributed by atoms with Crippen molar-refractivity contribution in [2.75, 3.05) is 12.4 Å². The van der Waals surface area contributed by atoms with E-state index in [1.165, 1.54) is 37.4 Å². The van der Waals surface area contributed by atoms with E-state index in [9.17, 15) is 34.8 Å². The third kappa shape index (κ3) is 5.93. The lowest BCUT2D eigenvalue weighted by Gasteiger charge is -2.07. The molecule has 0 saturated carbocycles. The number of hydrogen-bond acceptors (Lipinski definition) is 10. The summed E-state index contributed by atoms with van der Waals surface area (Å²) >= 11 is 0. The second-order valence-electron chi connectivity index (χ2n) is 9.12. The van der Waals surface area contributed by atoms with Crippen LogP contribution in [0.5, 0.6) is 23.0 Å². The van der Waals surface area contributed by atoms with Crippen LogP contribution in [0.2, 0.25) is 0 Å². The van der Waals surface area contributed by atoms with Crippen molar-refractivity contribution >= 4 is 39.8 Å². The predicted molar refractivity (Wildman–Crippen MR) is 157 cm³/mol. The van der Waals surface area contributed by atoms with Crippen molar-refractivity contribution in [3.05, 3.63) is 106 Å². The predicted octanol–water partition coefficient (Wildman–Crippen LogP) is 5.25. The van der Waals surface area contributed by atoms with Crippen LogP contribution in [-0.2, 0) is 4.74 Å². The van der Waals surface area contributed by atoms with E-state index in [-0.39, 0.29) is 45.5 Å². The molecule has 0 unspecified atom stereocenters. The topological polar surface area (TPSA) is 195 Å². The first-order valence-corrected chi connectivity index (χ1v) is 12.6. The maximum Gasteiger partial charge on any atom is 0.413 e.